The van der Waals surface area contributed by atoms with Crippen molar-refractivity contribution in [3.05, 3.63) is 34.6 Å². The van der Waals surface area contributed by atoms with Crippen molar-refractivity contribution in [2.75, 3.05) is 0 Å². The smallest absolute Gasteiger partial charge is 0.307 e. The highest BCUT2D eigenvalue weighted by Gasteiger charge is 2.45. The van der Waals surface area contributed by atoms with Gasteiger partial charge in [0, 0.05) is 5.92 Å². The van der Waals surface area contributed by atoms with Crippen molar-refractivity contribution in [3.63, 3.8) is 0 Å². The number of carboxylic acids is 1. The summed E-state index contributed by atoms with van der Waals surface area (Å²) < 4.78 is 13.4. The van der Waals surface area contributed by atoms with Gasteiger partial charge in [-0.15, -0.1) is 0 Å². The van der Waals surface area contributed by atoms with E-state index in [4.69, 9.17) is 16.7 Å². The number of aliphatic carboxylic acids is 1. The lowest BCUT2D eigenvalue weighted by Crippen LogP contribution is -2.00. The number of halogens is 2. The molecule has 1 saturated carbocycles. The Hall–Kier alpha value is -1.09. The second kappa shape index (κ2) is 3.24. The molecule has 1 aromatic rings. The van der Waals surface area contributed by atoms with E-state index >= 15 is 0 Å². The van der Waals surface area contributed by atoms with E-state index in [1.807, 2.05) is 0 Å². The molecule has 1 fully saturated rings. The standard InChI is InChI=1S/C10H8ClFO2/c11-8-3-1-2-5(9(8)12)6-4-7(6)10(13)14/h1-3,6-7H,4H2,(H,13,14). The summed E-state index contributed by atoms with van der Waals surface area (Å²) in [5.41, 5.74) is 0.421. The molecule has 0 aromatic heterocycles. The van der Waals surface area contributed by atoms with Gasteiger partial charge in [0.2, 0.25) is 0 Å². The number of hydrogen-bond donors (Lipinski definition) is 1. The van der Waals surface area contributed by atoms with Gasteiger partial charge in [-0.3, -0.25) is 4.79 Å². The molecule has 0 saturated heterocycles. The van der Waals surface area contributed by atoms with E-state index < -0.39 is 17.7 Å². The Morgan fingerprint density at radius 3 is 2.86 bits per heavy atom. The van der Waals surface area contributed by atoms with Gasteiger partial charge in [-0.25, -0.2) is 4.39 Å². The van der Waals surface area contributed by atoms with E-state index in [0.29, 0.717) is 12.0 Å². The van der Waals surface area contributed by atoms with E-state index in [0.717, 1.165) is 0 Å². The van der Waals surface area contributed by atoms with Gasteiger partial charge < -0.3 is 5.11 Å². The molecule has 0 spiro atoms. The van der Waals surface area contributed by atoms with Crippen LogP contribution in [-0.2, 0) is 4.79 Å². The third-order valence-electron chi connectivity index (χ3n) is 2.49. The van der Waals surface area contributed by atoms with Gasteiger partial charge in [0.05, 0.1) is 10.9 Å². The Morgan fingerprint density at radius 2 is 2.29 bits per heavy atom. The van der Waals surface area contributed by atoms with Crippen LogP contribution in [0.4, 0.5) is 4.39 Å². The maximum Gasteiger partial charge on any atom is 0.307 e. The van der Waals surface area contributed by atoms with Crippen LogP contribution in [0.5, 0.6) is 0 Å². The van der Waals surface area contributed by atoms with Crippen LogP contribution in [0.3, 0.4) is 0 Å². The average molecular weight is 215 g/mol. The second-order valence-corrected chi connectivity index (χ2v) is 3.84. The Morgan fingerprint density at radius 1 is 1.57 bits per heavy atom. The van der Waals surface area contributed by atoms with Crippen LogP contribution in [0, 0.1) is 11.7 Å². The predicted molar refractivity (Wildman–Crippen MR) is 49.9 cm³/mol. The van der Waals surface area contributed by atoms with Gasteiger partial charge in [0.15, 0.2) is 0 Å². The minimum Gasteiger partial charge on any atom is -0.481 e. The lowest BCUT2D eigenvalue weighted by atomic mass is 10.1. The van der Waals surface area contributed by atoms with Crippen LogP contribution in [-0.4, -0.2) is 11.1 Å². The van der Waals surface area contributed by atoms with Crippen molar-refractivity contribution in [2.24, 2.45) is 5.92 Å². The Bertz CT molecular complexity index is 392. The van der Waals surface area contributed by atoms with Gasteiger partial charge >= 0.3 is 5.97 Å². The maximum atomic E-state index is 13.4. The second-order valence-electron chi connectivity index (χ2n) is 3.43. The number of carbonyl (C=O) groups is 1. The molecule has 1 aliphatic carbocycles. The molecule has 2 unspecified atom stereocenters. The maximum absolute atomic E-state index is 13.4. The molecule has 0 heterocycles. The first-order valence-corrected chi connectivity index (χ1v) is 4.65. The van der Waals surface area contributed by atoms with Gasteiger partial charge in [0.25, 0.3) is 0 Å². The first-order valence-electron chi connectivity index (χ1n) is 4.28. The number of rotatable bonds is 2. The Labute approximate surface area is 85.3 Å². The quantitative estimate of drug-likeness (QED) is 0.822. The number of benzene rings is 1. The zero-order valence-corrected chi connectivity index (χ0v) is 7.96. The minimum atomic E-state index is -0.866. The van der Waals surface area contributed by atoms with Crippen molar-refractivity contribution < 1.29 is 14.3 Å². The predicted octanol–water partition coefficient (Wildman–Crippen LogP) is 2.67. The van der Waals surface area contributed by atoms with Crippen molar-refractivity contribution in [2.45, 2.75) is 12.3 Å². The van der Waals surface area contributed by atoms with Crippen LogP contribution < -0.4 is 0 Å². The SMILES string of the molecule is O=C(O)C1CC1c1cccc(Cl)c1F. The van der Waals surface area contributed by atoms with Gasteiger partial charge in [-0.1, -0.05) is 23.7 Å². The summed E-state index contributed by atoms with van der Waals surface area (Å²) in [5, 5.41) is 8.74. The van der Waals surface area contributed by atoms with E-state index in [-0.39, 0.29) is 10.9 Å². The lowest BCUT2D eigenvalue weighted by Gasteiger charge is -2.01. The third kappa shape index (κ3) is 1.48. The van der Waals surface area contributed by atoms with Crippen LogP contribution in [0.25, 0.3) is 0 Å². The monoisotopic (exact) mass is 214 g/mol. The van der Waals surface area contributed by atoms with Crippen LogP contribution in [0.1, 0.15) is 17.9 Å². The number of hydrogen-bond acceptors (Lipinski definition) is 1. The highest BCUT2D eigenvalue weighted by atomic mass is 35.5. The van der Waals surface area contributed by atoms with Crippen molar-refractivity contribution in [3.8, 4) is 0 Å². The lowest BCUT2D eigenvalue weighted by molar-refractivity contribution is -0.138. The molecule has 0 amide bonds. The molecule has 0 aliphatic heterocycles. The molecule has 74 valence electrons. The molecular weight excluding hydrogens is 207 g/mol. The van der Waals surface area contributed by atoms with E-state index in [9.17, 15) is 9.18 Å². The van der Waals surface area contributed by atoms with E-state index in [1.54, 1.807) is 12.1 Å². The van der Waals surface area contributed by atoms with Gasteiger partial charge in [-0.2, -0.15) is 0 Å². The van der Waals surface area contributed by atoms with Crippen LogP contribution >= 0.6 is 11.6 Å². The zero-order valence-electron chi connectivity index (χ0n) is 7.21. The Balaban J connectivity index is 2.27. The summed E-state index contributed by atoms with van der Waals surface area (Å²) in [6.45, 7) is 0. The summed E-state index contributed by atoms with van der Waals surface area (Å²) in [4.78, 5) is 10.6. The topological polar surface area (TPSA) is 37.3 Å². The molecule has 1 N–H and O–H groups in total. The molecule has 4 heteroatoms. The first kappa shape index (κ1) is 9.46. The fraction of sp³-hybridized carbons (Fsp3) is 0.300. The molecule has 1 aliphatic rings. The Kier molecular flexibility index (Phi) is 2.19. The molecule has 0 bridgehead atoms. The summed E-state index contributed by atoms with van der Waals surface area (Å²) in [6, 6.07) is 4.69. The average Bonchev–Trinajstić information content (AvgIpc) is 2.89. The summed E-state index contributed by atoms with van der Waals surface area (Å²) in [6.07, 6.45) is 0.507. The number of carboxylic acid groups (broad SMARTS) is 1. The molecule has 2 atom stereocenters. The van der Waals surface area contributed by atoms with Gasteiger partial charge in [0.1, 0.15) is 5.82 Å². The van der Waals surface area contributed by atoms with Crippen LogP contribution in [0.2, 0.25) is 5.02 Å². The van der Waals surface area contributed by atoms with Crippen molar-refractivity contribution in [1.82, 2.24) is 0 Å². The normalized spacial score (nSPS) is 24.7. The summed E-state index contributed by atoms with van der Waals surface area (Å²) in [7, 11) is 0. The summed E-state index contributed by atoms with van der Waals surface area (Å²) in [5.74, 6) is -1.99. The molecule has 14 heavy (non-hydrogen) atoms. The summed E-state index contributed by atoms with van der Waals surface area (Å²) >= 11 is 5.59. The highest BCUT2D eigenvalue weighted by Crippen LogP contribution is 2.48. The molecule has 2 rings (SSSR count). The molecule has 0 radical (unpaired) electrons. The van der Waals surface area contributed by atoms with E-state index in [1.165, 1.54) is 6.07 Å². The van der Waals surface area contributed by atoms with Crippen LogP contribution in [0.15, 0.2) is 18.2 Å². The highest BCUT2D eigenvalue weighted by molar-refractivity contribution is 6.30. The fourth-order valence-corrected chi connectivity index (χ4v) is 1.80. The minimum absolute atomic E-state index is 0.0542. The molecule has 1 aromatic carbocycles. The van der Waals surface area contributed by atoms with E-state index in [2.05, 4.69) is 0 Å². The molecule has 2 nitrogen and oxygen atoms in total. The zero-order chi connectivity index (χ0) is 10.3. The van der Waals surface area contributed by atoms with Gasteiger partial charge in [-0.05, 0) is 18.1 Å². The fourth-order valence-electron chi connectivity index (χ4n) is 1.62. The third-order valence-corrected chi connectivity index (χ3v) is 2.78. The molecular formula is C10H8ClFO2. The van der Waals surface area contributed by atoms with Crippen molar-refractivity contribution in [1.29, 1.82) is 0 Å². The first-order chi connectivity index (χ1) is 6.61. The van der Waals surface area contributed by atoms with Crippen molar-refractivity contribution >= 4 is 17.6 Å². The largest absolute Gasteiger partial charge is 0.481 e.